The number of H-pyrrole nitrogens is 1. The minimum Gasteiger partial charge on any atom is -0.456 e. The first kappa shape index (κ1) is 20.6. The average molecular weight is 449 g/mol. The fraction of sp³-hybridized carbons (Fsp3) is 0.182. The van der Waals surface area contributed by atoms with E-state index in [4.69, 9.17) is 4.42 Å². The molecule has 1 N–H and O–H groups in total. The Balaban J connectivity index is 1.44. The summed E-state index contributed by atoms with van der Waals surface area (Å²) >= 11 is 0. The van der Waals surface area contributed by atoms with Crippen LogP contribution in [-0.2, 0) is 19.5 Å². The van der Waals surface area contributed by atoms with Crippen LogP contribution in [0.1, 0.15) is 16.8 Å². The lowest BCUT2D eigenvalue weighted by molar-refractivity contribution is -0.383. The molecule has 0 spiro atoms. The topological polar surface area (TPSA) is 135 Å². The van der Waals surface area contributed by atoms with Gasteiger partial charge in [-0.25, -0.2) is 9.37 Å². The van der Waals surface area contributed by atoms with E-state index in [1.54, 1.807) is 24.5 Å². The van der Waals surface area contributed by atoms with Crippen molar-refractivity contribution in [1.82, 2.24) is 19.9 Å². The Morgan fingerprint density at radius 2 is 2.03 bits per heavy atom. The van der Waals surface area contributed by atoms with Crippen molar-refractivity contribution in [1.29, 1.82) is 0 Å². The minimum atomic E-state index is -0.895. The molecule has 10 nitrogen and oxygen atoms in total. The highest BCUT2D eigenvalue weighted by Gasteiger charge is 2.24. The molecule has 11 heteroatoms. The van der Waals surface area contributed by atoms with E-state index in [0.717, 1.165) is 17.9 Å². The van der Waals surface area contributed by atoms with Crippen LogP contribution in [-0.4, -0.2) is 31.3 Å². The third-order valence-corrected chi connectivity index (χ3v) is 5.58. The van der Waals surface area contributed by atoms with E-state index in [2.05, 4.69) is 15.0 Å². The van der Waals surface area contributed by atoms with Gasteiger partial charge in [0.05, 0.1) is 33.9 Å². The number of nitrogens with zero attached hydrogens (tertiary/aromatic N) is 4. The summed E-state index contributed by atoms with van der Waals surface area (Å²) in [7, 11) is 0. The number of halogens is 1. The summed E-state index contributed by atoms with van der Waals surface area (Å²) < 4.78 is 19.2. The number of nitrogens with one attached hydrogen (secondary N) is 1. The van der Waals surface area contributed by atoms with Gasteiger partial charge in [0.2, 0.25) is 5.58 Å². The first-order valence-corrected chi connectivity index (χ1v) is 10.0. The molecule has 0 fully saturated rings. The largest absolute Gasteiger partial charge is 0.456 e. The quantitative estimate of drug-likeness (QED) is 0.371. The predicted octanol–water partition coefficient (Wildman–Crippen LogP) is 2.54. The van der Waals surface area contributed by atoms with E-state index in [1.807, 2.05) is 4.90 Å². The maximum Gasteiger partial charge on any atom is 0.315 e. The van der Waals surface area contributed by atoms with Crippen molar-refractivity contribution in [3.05, 3.63) is 96.3 Å². The number of fused-ring (bicyclic) bond motifs is 2. The molecule has 0 atom stereocenters. The molecule has 5 rings (SSSR count). The van der Waals surface area contributed by atoms with Crippen LogP contribution in [0.3, 0.4) is 0 Å². The zero-order valence-corrected chi connectivity index (χ0v) is 17.1. The zero-order valence-electron chi connectivity index (χ0n) is 17.1. The normalized spacial score (nSPS) is 13.7. The smallest absolute Gasteiger partial charge is 0.315 e. The molecule has 1 aromatic carbocycles. The van der Waals surface area contributed by atoms with Crippen molar-refractivity contribution >= 4 is 16.7 Å². The fourth-order valence-electron chi connectivity index (χ4n) is 3.98. The number of aromatic amines is 1. The van der Waals surface area contributed by atoms with Crippen LogP contribution in [0.2, 0.25) is 0 Å². The Hall–Kier alpha value is -4.25. The molecule has 0 saturated carbocycles. The summed E-state index contributed by atoms with van der Waals surface area (Å²) in [4.78, 5) is 49.2. The van der Waals surface area contributed by atoms with Crippen molar-refractivity contribution in [2.75, 3.05) is 6.54 Å². The van der Waals surface area contributed by atoms with Gasteiger partial charge < -0.3 is 9.40 Å². The maximum absolute atomic E-state index is 13.8. The van der Waals surface area contributed by atoms with Crippen LogP contribution in [0.4, 0.5) is 10.1 Å². The summed E-state index contributed by atoms with van der Waals surface area (Å²) in [6, 6.07) is 5.16. The van der Waals surface area contributed by atoms with Crippen LogP contribution in [0.5, 0.6) is 0 Å². The van der Waals surface area contributed by atoms with Gasteiger partial charge in [0.25, 0.3) is 5.56 Å². The minimum absolute atomic E-state index is 0.133. The van der Waals surface area contributed by atoms with E-state index in [0.29, 0.717) is 36.1 Å². The Bertz CT molecular complexity index is 1520. The zero-order chi connectivity index (χ0) is 23.1. The molecule has 0 bridgehead atoms. The number of rotatable bonds is 4. The summed E-state index contributed by atoms with van der Waals surface area (Å²) in [5.74, 6) is -0.429. The number of non-ortho nitro benzene ring substituents is 1. The van der Waals surface area contributed by atoms with Gasteiger partial charge in [-0.3, -0.25) is 29.6 Å². The molecule has 1 aliphatic heterocycles. The highest BCUT2D eigenvalue weighted by molar-refractivity contribution is 5.85. The van der Waals surface area contributed by atoms with Gasteiger partial charge >= 0.3 is 5.69 Å². The van der Waals surface area contributed by atoms with Crippen LogP contribution in [0, 0.1) is 15.9 Å². The Labute approximate surface area is 184 Å². The first-order valence-electron chi connectivity index (χ1n) is 10.0. The van der Waals surface area contributed by atoms with E-state index in [-0.39, 0.29) is 35.2 Å². The van der Waals surface area contributed by atoms with Gasteiger partial charge in [0.1, 0.15) is 11.6 Å². The van der Waals surface area contributed by atoms with Gasteiger partial charge in [-0.15, -0.1) is 0 Å². The first-order chi connectivity index (χ1) is 15.9. The van der Waals surface area contributed by atoms with Crippen LogP contribution in [0.25, 0.3) is 22.4 Å². The molecule has 3 aromatic heterocycles. The average Bonchev–Trinajstić information content (AvgIpc) is 2.81. The van der Waals surface area contributed by atoms with Crippen LogP contribution >= 0.6 is 0 Å². The van der Waals surface area contributed by atoms with Crippen molar-refractivity contribution < 1.29 is 13.7 Å². The van der Waals surface area contributed by atoms with Crippen molar-refractivity contribution in [3.8, 4) is 11.4 Å². The Morgan fingerprint density at radius 3 is 2.79 bits per heavy atom. The van der Waals surface area contributed by atoms with Crippen LogP contribution < -0.4 is 11.0 Å². The molecule has 4 heterocycles. The second kappa shape index (κ2) is 8.02. The molecule has 0 aliphatic carbocycles. The fourth-order valence-corrected chi connectivity index (χ4v) is 3.98. The molecular weight excluding hydrogens is 433 g/mol. The lowest BCUT2D eigenvalue weighted by atomic mass is 10.1. The molecular formula is C22H16FN5O5. The van der Waals surface area contributed by atoms with E-state index in [9.17, 15) is 24.1 Å². The Morgan fingerprint density at radius 1 is 1.24 bits per heavy atom. The van der Waals surface area contributed by atoms with Gasteiger partial charge in [-0.1, -0.05) is 0 Å². The predicted molar refractivity (Wildman–Crippen MR) is 115 cm³/mol. The number of benzene rings is 1. The monoisotopic (exact) mass is 449 g/mol. The second-order valence-electron chi connectivity index (χ2n) is 7.69. The van der Waals surface area contributed by atoms with E-state index >= 15 is 0 Å². The second-order valence-corrected chi connectivity index (χ2v) is 7.69. The molecule has 0 saturated heterocycles. The van der Waals surface area contributed by atoms with E-state index < -0.39 is 21.9 Å². The number of pyridine rings is 1. The number of hydrogen-bond donors (Lipinski definition) is 1. The number of nitro groups is 1. The molecule has 0 radical (unpaired) electrons. The van der Waals surface area contributed by atoms with Crippen LogP contribution in [0.15, 0.2) is 56.9 Å². The van der Waals surface area contributed by atoms with Crippen molar-refractivity contribution in [3.63, 3.8) is 0 Å². The molecule has 1 aliphatic rings. The molecule has 0 amide bonds. The lowest BCUT2D eigenvalue weighted by Crippen LogP contribution is -2.36. The van der Waals surface area contributed by atoms with Crippen molar-refractivity contribution in [2.24, 2.45) is 0 Å². The molecule has 166 valence electrons. The van der Waals surface area contributed by atoms with Crippen molar-refractivity contribution in [2.45, 2.75) is 19.5 Å². The van der Waals surface area contributed by atoms with Gasteiger partial charge in [-0.05, 0) is 18.2 Å². The molecule has 33 heavy (non-hydrogen) atoms. The highest BCUT2D eigenvalue weighted by Crippen LogP contribution is 2.26. The molecule has 4 aromatic rings. The summed E-state index contributed by atoms with van der Waals surface area (Å²) in [6.45, 7) is 0.919. The third-order valence-electron chi connectivity index (χ3n) is 5.58. The number of aromatic nitrogens is 3. The Kier molecular flexibility index (Phi) is 5.02. The maximum atomic E-state index is 13.8. The highest BCUT2D eigenvalue weighted by atomic mass is 19.1. The summed E-state index contributed by atoms with van der Waals surface area (Å²) in [5, 5.41) is 11.0. The number of nitro benzene ring substituents is 1. The van der Waals surface area contributed by atoms with Gasteiger partial charge in [0.15, 0.2) is 5.43 Å². The van der Waals surface area contributed by atoms with Gasteiger partial charge in [0, 0.05) is 49.6 Å². The number of hydrogen-bond acceptors (Lipinski definition) is 8. The summed E-state index contributed by atoms with van der Waals surface area (Å²) in [6.07, 6.45) is 4.88. The molecule has 0 unspecified atom stereocenters. The summed E-state index contributed by atoms with van der Waals surface area (Å²) in [5.41, 5.74) is 0.457. The van der Waals surface area contributed by atoms with Gasteiger partial charge in [-0.2, -0.15) is 0 Å². The lowest BCUT2D eigenvalue weighted by Gasteiger charge is -2.27. The third kappa shape index (κ3) is 3.78. The standard InChI is InChI=1S/C22H16FN5O5/c23-14-7-15-19(29)13(11-33-20(15)18(8-14)28(31)32)9-27-6-3-17-16(10-27)22(30)26-21(25-17)12-1-4-24-5-2-12/h1-2,4-5,7-8,11H,3,6,9-10H2,(H,25,26,30). The van der Waals surface area contributed by atoms with E-state index in [1.165, 1.54) is 0 Å². The SMILES string of the molecule is O=c1[nH]c(-c2ccncc2)nc2c1CN(Cc1coc3c([N+](=O)[O-])cc(F)cc3c1=O)CC2.